The van der Waals surface area contributed by atoms with Crippen LogP contribution >= 0.6 is 11.3 Å². The third kappa shape index (κ3) is 6.71. The molecule has 168 valence electrons. The zero-order valence-electron chi connectivity index (χ0n) is 18.2. The molecule has 0 spiro atoms. The Morgan fingerprint density at radius 3 is 2.78 bits per heavy atom. The van der Waals surface area contributed by atoms with Crippen molar-refractivity contribution in [3.63, 3.8) is 0 Å². The number of anilines is 1. The first-order valence-electron chi connectivity index (χ1n) is 9.94. The number of nitrogens with one attached hydrogen (secondary N) is 1. The minimum absolute atomic E-state index is 0.144. The lowest BCUT2D eigenvalue weighted by Crippen LogP contribution is -2.07. The Balaban J connectivity index is 1.61. The van der Waals surface area contributed by atoms with Crippen LogP contribution in [0.3, 0.4) is 0 Å². The van der Waals surface area contributed by atoms with Gasteiger partial charge in [0.25, 0.3) is 0 Å². The van der Waals surface area contributed by atoms with E-state index in [1.165, 1.54) is 11.3 Å². The molecule has 1 heterocycles. The lowest BCUT2D eigenvalue weighted by Gasteiger charge is -2.11. The summed E-state index contributed by atoms with van der Waals surface area (Å²) in [5.41, 5.74) is 5.28. The molecule has 0 aliphatic carbocycles. The number of rotatable bonds is 11. The first kappa shape index (κ1) is 23.1. The number of carbonyl (C=O) groups excluding carboxylic acids is 1. The average molecular weight is 456 g/mol. The summed E-state index contributed by atoms with van der Waals surface area (Å²) in [4.78, 5) is 15.9. The van der Waals surface area contributed by atoms with E-state index >= 15 is 0 Å². The van der Waals surface area contributed by atoms with Gasteiger partial charge >= 0.3 is 5.97 Å². The van der Waals surface area contributed by atoms with Crippen molar-refractivity contribution in [2.24, 2.45) is 5.10 Å². The smallest absolute Gasteiger partial charge is 0.311 e. The summed E-state index contributed by atoms with van der Waals surface area (Å²) in [5.74, 6) is 1.86. The number of carbonyl (C=O) groups is 1. The second-order valence-electron chi connectivity index (χ2n) is 6.53. The van der Waals surface area contributed by atoms with Gasteiger partial charge in [-0.3, -0.25) is 10.2 Å². The molecule has 0 saturated carbocycles. The van der Waals surface area contributed by atoms with Gasteiger partial charge in [0.1, 0.15) is 23.9 Å². The van der Waals surface area contributed by atoms with Crippen LogP contribution < -0.4 is 19.6 Å². The maximum absolute atomic E-state index is 11.5. The Hall–Kier alpha value is -3.59. The van der Waals surface area contributed by atoms with E-state index in [9.17, 15) is 4.79 Å². The van der Waals surface area contributed by atoms with Crippen LogP contribution in [-0.4, -0.2) is 38.0 Å². The molecule has 8 nitrogen and oxygen atoms in total. The number of thiazole rings is 1. The number of nitrogens with zero attached hydrogens (tertiary/aromatic N) is 2. The molecule has 0 saturated heterocycles. The molecule has 1 aromatic heterocycles. The second kappa shape index (κ2) is 11.7. The number of hydrogen-bond donors (Lipinski definition) is 1. The summed E-state index contributed by atoms with van der Waals surface area (Å²) in [5, 5.41) is 6.63. The van der Waals surface area contributed by atoms with Gasteiger partial charge in [-0.15, -0.1) is 11.3 Å². The van der Waals surface area contributed by atoms with Crippen molar-refractivity contribution in [1.82, 2.24) is 4.98 Å². The number of hydrazone groups is 1. The SMILES string of the molecule is CCOC(=O)Cc1csc(NN=Cc2ccc(OC)c(COc3cccc(OC)c3)c2)n1. The largest absolute Gasteiger partial charge is 0.497 e. The van der Waals surface area contributed by atoms with Crippen LogP contribution in [0, 0.1) is 0 Å². The Morgan fingerprint density at radius 1 is 1.16 bits per heavy atom. The summed E-state index contributed by atoms with van der Waals surface area (Å²) in [6.07, 6.45) is 1.83. The highest BCUT2D eigenvalue weighted by Gasteiger charge is 2.08. The van der Waals surface area contributed by atoms with Gasteiger partial charge in [0, 0.05) is 17.0 Å². The van der Waals surface area contributed by atoms with E-state index in [1.54, 1.807) is 32.7 Å². The summed E-state index contributed by atoms with van der Waals surface area (Å²) < 4.78 is 21.5. The minimum Gasteiger partial charge on any atom is -0.497 e. The van der Waals surface area contributed by atoms with E-state index in [0.29, 0.717) is 29.8 Å². The molecular weight excluding hydrogens is 430 g/mol. The maximum Gasteiger partial charge on any atom is 0.311 e. The molecule has 3 aromatic rings. The lowest BCUT2D eigenvalue weighted by molar-refractivity contribution is -0.142. The highest BCUT2D eigenvalue weighted by atomic mass is 32.1. The fourth-order valence-electron chi connectivity index (χ4n) is 2.81. The average Bonchev–Trinajstić information content (AvgIpc) is 3.25. The Morgan fingerprint density at radius 2 is 2.00 bits per heavy atom. The van der Waals surface area contributed by atoms with Gasteiger partial charge in [-0.1, -0.05) is 6.07 Å². The molecule has 0 aliphatic rings. The van der Waals surface area contributed by atoms with Crippen LogP contribution in [0.25, 0.3) is 0 Å². The third-order valence-corrected chi connectivity index (χ3v) is 5.09. The molecule has 0 unspecified atom stereocenters. The number of esters is 1. The Bertz CT molecular complexity index is 1070. The van der Waals surface area contributed by atoms with Crippen molar-refractivity contribution >= 4 is 28.7 Å². The molecule has 1 N–H and O–H groups in total. The topological polar surface area (TPSA) is 91.3 Å². The van der Waals surface area contributed by atoms with Gasteiger partial charge < -0.3 is 18.9 Å². The first-order chi connectivity index (χ1) is 15.6. The van der Waals surface area contributed by atoms with Gasteiger partial charge in [-0.05, 0) is 42.8 Å². The van der Waals surface area contributed by atoms with Crippen molar-refractivity contribution in [2.75, 3.05) is 26.3 Å². The number of hydrogen-bond acceptors (Lipinski definition) is 9. The molecule has 0 amide bonds. The second-order valence-corrected chi connectivity index (χ2v) is 7.39. The van der Waals surface area contributed by atoms with Gasteiger partial charge in [0.2, 0.25) is 5.13 Å². The van der Waals surface area contributed by atoms with Gasteiger partial charge in [0.05, 0.1) is 39.2 Å². The maximum atomic E-state index is 11.5. The zero-order chi connectivity index (χ0) is 22.8. The molecule has 0 aliphatic heterocycles. The Labute approximate surface area is 190 Å². The number of aromatic nitrogens is 1. The lowest BCUT2D eigenvalue weighted by atomic mass is 10.1. The zero-order valence-corrected chi connectivity index (χ0v) is 19.0. The molecule has 0 fully saturated rings. The molecule has 9 heteroatoms. The number of benzene rings is 2. The summed E-state index contributed by atoms with van der Waals surface area (Å²) in [7, 11) is 3.24. The molecule has 0 bridgehead atoms. The third-order valence-electron chi connectivity index (χ3n) is 4.30. The first-order valence-corrected chi connectivity index (χ1v) is 10.8. The molecule has 2 aromatic carbocycles. The summed E-state index contributed by atoms with van der Waals surface area (Å²) in [6, 6.07) is 13.1. The van der Waals surface area contributed by atoms with Crippen molar-refractivity contribution in [1.29, 1.82) is 0 Å². The monoisotopic (exact) mass is 455 g/mol. The van der Waals surface area contributed by atoms with E-state index in [4.69, 9.17) is 18.9 Å². The standard InChI is InChI=1S/C23H25N3O5S/c1-4-30-22(27)11-18-15-32-23(25-18)26-24-13-16-8-9-21(29-3)17(10-16)14-31-20-7-5-6-19(12-20)28-2/h5-10,12-13,15H,4,11,14H2,1-3H3,(H,25,26). The molecule has 0 radical (unpaired) electrons. The quantitative estimate of drug-likeness (QED) is 0.262. The minimum atomic E-state index is -0.297. The van der Waals surface area contributed by atoms with E-state index in [2.05, 4.69) is 15.5 Å². The van der Waals surface area contributed by atoms with Gasteiger partial charge in [-0.2, -0.15) is 5.10 Å². The van der Waals surface area contributed by atoms with Crippen molar-refractivity contribution in [3.05, 3.63) is 64.7 Å². The van der Waals surface area contributed by atoms with Crippen molar-refractivity contribution in [3.8, 4) is 17.2 Å². The summed E-state index contributed by atoms with van der Waals surface area (Å²) >= 11 is 1.37. The fourth-order valence-corrected chi connectivity index (χ4v) is 3.46. The highest BCUT2D eigenvalue weighted by Crippen LogP contribution is 2.24. The van der Waals surface area contributed by atoms with E-state index in [0.717, 1.165) is 22.6 Å². The van der Waals surface area contributed by atoms with Crippen LogP contribution in [0.1, 0.15) is 23.7 Å². The molecule has 0 atom stereocenters. The van der Waals surface area contributed by atoms with Gasteiger partial charge in [-0.25, -0.2) is 4.98 Å². The predicted molar refractivity (Wildman–Crippen MR) is 124 cm³/mol. The van der Waals surface area contributed by atoms with Crippen LogP contribution in [0.2, 0.25) is 0 Å². The molecule has 32 heavy (non-hydrogen) atoms. The Kier molecular flexibility index (Phi) is 8.44. The number of ether oxygens (including phenoxy) is 4. The molecule has 3 rings (SSSR count). The van der Waals surface area contributed by atoms with Crippen molar-refractivity contribution in [2.45, 2.75) is 20.0 Å². The van der Waals surface area contributed by atoms with E-state index in [-0.39, 0.29) is 12.4 Å². The molecular formula is C23H25N3O5S. The number of methoxy groups -OCH3 is 2. The van der Waals surface area contributed by atoms with E-state index < -0.39 is 0 Å². The van der Waals surface area contributed by atoms with E-state index in [1.807, 2.05) is 42.5 Å². The van der Waals surface area contributed by atoms with Crippen LogP contribution in [-0.2, 0) is 22.6 Å². The highest BCUT2D eigenvalue weighted by molar-refractivity contribution is 7.13. The van der Waals surface area contributed by atoms with Crippen LogP contribution in [0.4, 0.5) is 5.13 Å². The predicted octanol–water partition coefficient (Wildman–Crippen LogP) is 4.29. The van der Waals surface area contributed by atoms with Gasteiger partial charge in [0.15, 0.2) is 0 Å². The van der Waals surface area contributed by atoms with Crippen molar-refractivity contribution < 1.29 is 23.7 Å². The summed E-state index contributed by atoms with van der Waals surface area (Å²) in [6.45, 7) is 2.46. The van der Waals surface area contributed by atoms with Crippen LogP contribution in [0.5, 0.6) is 17.2 Å². The normalized spacial score (nSPS) is 10.7. The fraction of sp³-hybridized carbons (Fsp3) is 0.261. The van der Waals surface area contributed by atoms with Crippen LogP contribution in [0.15, 0.2) is 52.9 Å².